The number of nitrogens with one attached hydrogen (secondary N) is 1. The molecule has 14 heteroatoms. The average Bonchev–Trinajstić information content (AvgIpc) is 3.71. The fourth-order valence-electron chi connectivity index (χ4n) is 5.34. The second-order valence-electron chi connectivity index (χ2n) is 11.2. The topological polar surface area (TPSA) is 103 Å². The van der Waals surface area contributed by atoms with E-state index in [0.29, 0.717) is 30.4 Å². The van der Waals surface area contributed by atoms with Gasteiger partial charge in [-0.3, -0.25) is 14.6 Å². The zero-order chi connectivity index (χ0) is 28.9. The summed E-state index contributed by atoms with van der Waals surface area (Å²) in [6, 6.07) is 2.06. The number of hydrogen-bond acceptors (Lipinski definition) is 8. The summed E-state index contributed by atoms with van der Waals surface area (Å²) in [4.78, 5) is 15.0. The van der Waals surface area contributed by atoms with Crippen LogP contribution in [-0.2, 0) is 12.5 Å². The van der Waals surface area contributed by atoms with Gasteiger partial charge in [0, 0.05) is 56.3 Å². The maximum atomic E-state index is 14.5. The number of likely N-dealkylation sites (tertiary alicyclic amines) is 1. The molecule has 0 radical (unpaired) electrons. The third kappa shape index (κ3) is 4.96. The largest absolute Gasteiger partial charge is 0.451 e. The van der Waals surface area contributed by atoms with E-state index >= 15 is 0 Å². The molecule has 1 fully saturated rings. The van der Waals surface area contributed by atoms with E-state index in [4.69, 9.17) is 9.84 Å². The van der Waals surface area contributed by atoms with Gasteiger partial charge in [-0.05, 0) is 6.42 Å². The molecule has 6 rings (SSSR count). The van der Waals surface area contributed by atoms with Crippen molar-refractivity contribution >= 4 is 28.4 Å². The number of halogens is 3. The number of pyridine rings is 1. The van der Waals surface area contributed by atoms with E-state index in [-0.39, 0.29) is 46.4 Å². The van der Waals surface area contributed by atoms with Crippen molar-refractivity contribution in [2.45, 2.75) is 45.1 Å². The lowest BCUT2D eigenvalue weighted by atomic mass is 9.91. The number of alkyl halides is 3. The Hall–Kier alpha value is -4.20. The molecule has 0 unspecified atom stereocenters. The summed E-state index contributed by atoms with van der Waals surface area (Å²) in [5.41, 5.74) is 1.28. The van der Waals surface area contributed by atoms with E-state index in [1.807, 2.05) is 10.7 Å². The average molecular weight is 569 g/mol. The van der Waals surface area contributed by atoms with E-state index in [1.165, 1.54) is 27.7 Å². The van der Waals surface area contributed by atoms with Gasteiger partial charge in [0.1, 0.15) is 17.7 Å². The molecule has 11 nitrogen and oxygen atoms in total. The molecule has 6 heterocycles. The molecule has 5 aromatic rings. The van der Waals surface area contributed by atoms with Gasteiger partial charge in [0.25, 0.3) is 6.43 Å². The van der Waals surface area contributed by atoms with Gasteiger partial charge in [0.15, 0.2) is 23.0 Å². The predicted octanol–water partition coefficient (Wildman–Crippen LogP) is 5.19. The molecular weight excluding hydrogens is 537 g/mol. The van der Waals surface area contributed by atoms with Crippen molar-refractivity contribution in [2.24, 2.45) is 7.05 Å². The molecule has 5 aromatic heterocycles. The number of aromatic nitrogens is 8. The SMILES string of the molecule is Cn1c(Nc2cc(C(C)(C)C)n([C@@H]3CCN(CCF)C3)n2)nc2ncc(Oc3cnn4ccncc34)c(C(F)F)c21. The van der Waals surface area contributed by atoms with Gasteiger partial charge in [0.2, 0.25) is 5.95 Å². The Morgan fingerprint density at radius 1 is 1.17 bits per heavy atom. The third-order valence-corrected chi connectivity index (χ3v) is 7.37. The van der Waals surface area contributed by atoms with E-state index in [0.717, 1.165) is 18.7 Å². The fourth-order valence-corrected chi connectivity index (χ4v) is 5.34. The van der Waals surface area contributed by atoms with Crippen LogP contribution in [0.3, 0.4) is 0 Å². The van der Waals surface area contributed by atoms with Crippen LogP contribution in [-0.4, -0.2) is 70.1 Å². The summed E-state index contributed by atoms with van der Waals surface area (Å²) < 4.78 is 52.9. The molecular formula is C27H31F3N10O. The summed E-state index contributed by atoms with van der Waals surface area (Å²) in [6.45, 7) is 7.87. The number of aryl methyl sites for hydroxylation is 1. The molecule has 1 N–H and O–H groups in total. The first-order chi connectivity index (χ1) is 19.6. The molecule has 41 heavy (non-hydrogen) atoms. The lowest BCUT2D eigenvalue weighted by Crippen LogP contribution is -2.26. The molecule has 0 aliphatic carbocycles. The monoisotopic (exact) mass is 568 g/mol. The number of imidazole rings is 1. The molecule has 1 aliphatic rings. The van der Waals surface area contributed by atoms with Crippen LogP contribution in [0.1, 0.15) is 50.9 Å². The predicted molar refractivity (Wildman–Crippen MR) is 147 cm³/mol. The van der Waals surface area contributed by atoms with Gasteiger partial charge in [-0.15, -0.1) is 0 Å². The van der Waals surface area contributed by atoms with Crippen molar-refractivity contribution in [1.29, 1.82) is 0 Å². The van der Waals surface area contributed by atoms with Crippen LogP contribution in [0.5, 0.6) is 11.5 Å². The zero-order valence-corrected chi connectivity index (χ0v) is 23.2. The van der Waals surface area contributed by atoms with Gasteiger partial charge in [-0.1, -0.05) is 20.8 Å². The Morgan fingerprint density at radius 3 is 2.76 bits per heavy atom. The molecule has 1 aliphatic heterocycles. The van der Waals surface area contributed by atoms with Crippen molar-refractivity contribution in [1.82, 2.24) is 43.8 Å². The standard InChI is InChI=1S/C27H31F3N10O/c1-27(2,3)20-11-21(36-40(20)16-5-8-38(15-16)9-6-28)34-26-35-25-23(37(26)4)22(24(29)30)19(13-32-25)41-18-14-33-39-10-7-31-12-17(18)39/h7,10-14,16,24H,5-6,8-9,15H2,1-4H3,(H,32,34,35,36)/t16-/m1/s1. The van der Waals surface area contributed by atoms with Gasteiger partial charge < -0.3 is 14.6 Å². The molecule has 216 valence electrons. The van der Waals surface area contributed by atoms with Crippen LogP contribution < -0.4 is 10.1 Å². The van der Waals surface area contributed by atoms with E-state index in [2.05, 4.69) is 51.0 Å². The Morgan fingerprint density at radius 2 is 2.00 bits per heavy atom. The molecule has 0 bridgehead atoms. The molecule has 1 atom stereocenters. The van der Waals surface area contributed by atoms with Crippen molar-refractivity contribution in [3.63, 3.8) is 0 Å². The summed E-state index contributed by atoms with van der Waals surface area (Å²) in [6.07, 6.45) is 5.43. The van der Waals surface area contributed by atoms with Crippen LogP contribution in [0.15, 0.2) is 37.1 Å². The smallest absolute Gasteiger partial charge is 0.269 e. The highest BCUT2D eigenvalue weighted by atomic mass is 19.3. The number of rotatable bonds is 8. The van der Waals surface area contributed by atoms with Crippen LogP contribution in [0, 0.1) is 0 Å². The minimum absolute atomic E-state index is 0.0980. The lowest BCUT2D eigenvalue weighted by Gasteiger charge is -2.23. The van der Waals surface area contributed by atoms with E-state index in [9.17, 15) is 13.2 Å². The summed E-state index contributed by atoms with van der Waals surface area (Å²) in [7, 11) is 1.64. The second kappa shape index (κ2) is 10.3. The lowest BCUT2D eigenvalue weighted by molar-refractivity contribution is 0.149. The Labute approximate surface area is 234 Å². The quantitative estimate of drug-likeness (QED) is 0.273. The minimum atomic E-state index is -2.86. The first-order valence-corrected chi connectivity index (χ1v) is 13.4. The zero-order valence-electron chi connectivity index (χ0n) is 23.2. The van der Waals surface area contributed by atoms with Crippen molar-refractivity contribution in [3.05, 3.63) is 48.3 Å². The highest BCUT2D eigenvalue weighted by Gasteiger charge is 2.31. The Bertz CT molecular complexity index is 1700. The van der Waals surface area contributed by atoms with Crippen molar-refractivity contribution < 1.29 is 17.9 Å². The third-order valence-electron chi connectivity index (χ3n) is 7.37. The summed E-state index contributed by atoms with van der Waals surface area (Å²) in [5, 5.41) is 12.2. The van der Waals surface area contributed by atoms with Crippen molar-refractivity contribution in [2.75, 3.05) is 31.6 Å². The van der Waals surface area contributed by atoms with Gasteiger partial charge in [-0.2, -0.15) is 15.2 Å². The van der Waals surface area contributed by atoms with E-state index in [1.54, 1.807) is 19.4 Å². The van der Waals surface area contributed by atoms with Gasteiger partial charge >= 0.3 is 0 Å². The molecule has 0 spiro atoms. The number of ether oxygens (including phenoxy) is 1. The minimum Gasteiger partial charge on any atom is -0.451 e. The Kier molecular flexibility index (Phi) is 6.80. The summed E-state index contributed by atoms with van der Waals surface area (Å²) >= 11 is 0. The fraction of sp³-hybridized carbons (Fsp3) is 0.444. The Balaban J connectivity index is 1.35. The number of hydrogen-bond donors (Lipinski definition) is 1. The molecule has 1 saturated heterocycles. The first-order valence-electron chi connectivity index (χ1n) is 13.4. The number of anilines is 2. The van der Waals surface area contributed by atoms with Crippen molar-refractivity contribution in [3.8, 4) is 11.5 Å². The second-order valence-corrected chi connectivity index (χ2v) is 11.2. The maximum Gasteiger partial charge on any atom is 0.269 e. The molecule has 0 amide bonds. The first kappa shape index (κ1) is 27.0. The van der Waals surface area contributed by atoms with Crippen LogP contribution in [0.4, 0.5) is 24.9 Å². The van der Waals surface area contributed by atoms with Crippen LogP contribution >= 0.6 is 0 Å². The number of nitrogens with zero attached hydrogens (tertiary/aromatic N) is 9. The highest BCUT2D eigenvalue weighted by molar-refractivity contribution is 5.82. The molecule has 0 saturated carbocycles. The molecule has 0 aromatic carbocycles. The van der Waals surface area contributed by atoms with Crippen LogP contribution in [0.2, 0.25) is 0 Å². The van der Waals surface area contributed by atoms with Gasteiger partial charge in [-0.25, -0.2) is 22.7 Å². The highest BCUT2D eigenvalue weighted by Crippen LogP contribution is 2.39. The number of fused-ring (bicyclic) bond motifs is 2. The maximum absolute atomic E-state index is 14.5. The van der Waals surface area contributed by atoms with Crippen LogP contribution in [0.25, 0.3) is 16.7 Å². The van der Waals surface area contributed by atoms with E-state index < -0.39 is 6.43 Å². The summed E-state index contributed by atoms with van der Waals surface area (Å²) in [5.74, 6) is 1.02. The van der Waals surface area contributed by atoms with Gasteiger partial charge in [0.05, 0.1) is 30.2 Å². The normalized spacial score (nSPS) is 16.4.